The average molecular weight is 291 g/mol. The normalized spacial score (nSPS) is 15.6. The largest absolute Gasteiger partial charge is 0.493 e. The summed E-state index contributed by atoms with van der Waals surface area (Å²) in [6, 6.07) is 6.99. The first-order valence-electron chi connectivity index (χ1n) is 7.32. The maximum Gasteiger partial charge on any atom is 0.338 e. The summed E-state index contributed by atoms with van der Waals surface area (Å²) < 4.78 is 10.7. The molecule has 1 saturated heterocycles. The Morgan fingerprint density at radius 3 is 2.52 bits per heavy atom. The molecule has 2 rings (SSSR count). The number of esters is 1. The second-order valence-corrected chi connectivity index (χ2v) is 5.14. The van der Waals surface area contributed by atoms with Crippen LogP contribution in [0.2, 0.25) is 0 Å². The Bertz CT molecular complexity index is 464. The molecular weight excluding hydrogens is 270 g/mol. The molecule has 114 valence electrons. The number of benzene rings is 1. The highest BCUT2D eigenvalue weighted by molar-refractivity contribution is 5.89. The lowest BCUT2D eigenvalue weighted by molar-refractivity contribution is -0.119. The minimum Gasteiger partial charge on any atom is -0.493 e. The minimum absolute atomic E-state index is 0.315. The maximum absolute atomic E-state index is 11.5. The van der Waals surface area contributed by atoms with E-state index in [1.54, 1.807) is 36.1 Å². The molecule has 1 fully saturated rings. The Morgan fingerprint density at radius 1 is 1.29 bits per heavy atom. The number of hydrogen-bond donors (Lipinski definition) is 0. The molecule has 1 heterocycles. The average Bonchev–Trinajstić information content (AvgIpc) is 2.54. The van der Waals surface area contributed by atoms with Gasteiger partial charge in [0.15, 0.2) is 0 Å². The minimum atomic E-state index is -0.315. The molecule has 21 heavy (non-hydrogen) atoms. The monoisotopic (exact) mass is 291 g/mol. The van der Waals surface area contributed by atoms with Crippen molar-refractivity contribution in [3.8, 4) is 5.75 Å². The lowest BCUT2D eigenvalue weighted by atomic mass is 9.98. The van der Waals surface area contributed by atoms with Gasteiger partial charge in [0.2, 0.25) is 6.41 Å². The van der Waals surface area contributed by atoms with Crippen LogP contribution in [0.3, 0.4) is 0 Å². The number of piperidine rings is 1. The van der Waals surface area contributed by atoms with Gasteiger partial charge >= 0.3 is 5.97 Å². The van der Waals surface area contributed by atoms with Crippen LogP contribution >= 0.6 is 0 Å². The van der Waals surface area contributed by atoms with Gasteiger partial charge in [-0.25, -0.2) is 4.79 Å². The summed E-state index contributed by atoms with van der Waals surface area (Å²) in [5, 5.41) is 0. The van der Waals surface area contributed by atoms with Gasteiger partial charge in [-0.05, 0) is 49.9 Å². The Hall–Kier alpha value is -2.04. The summed E-state index contributed by atoms with van der Waals surface area (Å²) in [6.45, 7) is 4.41. The van der Waals surface area contributed by atoms with Crippen LogP contribution < -0.4 is 4.74 Å². The van der Waals surface area contributed by atoms with Crippen molar-refractivity contribution < 1.29 is 19.1 Å². The van der Waals surface area contributed by atoms with E-state index >= 15 is 0 Å². The molecule has 0 aliphatic carbocycles. The highest BCUT2D eigenvalue weighted by atomic mass is 16.5. The molecular formula is C16H21NO4. The SMILES string of the molecule is CCOC(=O)c1ccc(OCC2CCN(C=O)CC2)cc1. The van der Waals surface area contributed by atoms with Gasteiger partial charge in [0.1, 0.15) is 5.75 Å². The van der Waals surface area contributed by atoms with Gasteiger partial charge in [0, 0.05) is 13.1 Å². The van der Waals surface area contributed by atoms with E-state index in [-0.39, 0.29) is 5.97 Å². The van der Waals surface area contributed by atoms with Gasteiger partial charge in [-0.1, -0.05) is 0 Å². The fraction of sp³-hybridized carbons (Fsp3) is 0.500. The molecule has 1 amide bonds. The quantitative estimate of drug-likeness (QED) is 0.595. The van der Waals surface area contributed by atoms with Crippen molar-refractivity contribution in [3.05, 3.63) is 29.8 Å². The van der Waals surface area contributed by atoms with Gasteiger partial charge in [-0.2, -0.15) is 0 Å². The van der Waals surface area contributed by atoms with E-state index in [1.165, 1.54) is 0 Å². The first-order valence-corrected chi connectivity index (χ1v) is 7.32. The second kappa shape index (κ2) is 7.67. The molecule has 0 aromatic heterocycles. The van der Waals surface area contributed by atoms with Gasteiger partial charge in [-0.3, -0.25) is 4.79 Å². The molecule has 5 heteroatoms. The number of amides is 1. The maximum atomic E-state index is 11.5. The Labute approximate surface area is 124 Å². The predicted octanol–water partition coefficient (Wildman–Crippen LogP) is 2.11. The highest BCUT2D eigenvalue weighted by Gasteiger charge is 2.18. The zero-order chi connectivity index (χ0) is 15.1. The summed E-state index contributed by atoms with van der Waals surface area (Å²) in [4.78, 5) is 24.0. The molecule has 1 aliphatic heterocycles. The molecule has 0 atom stereocenters. The van der Waals surface area contributed by atoms with Crippen LogP contribution in [0.4, 0.5) is 0 Å². The fourth-order valence-electron chi connectivity index (χ4n) is 2.34. The number of carbonyl (C=O) groups excluding carboxylic acids is 2. The van der Waals surface area contributed by atoms with Gasteiger partial charge in [-0.15, -0.1) is 0 Å². The molecule has 0 N–H and O–H groups in total. The molecule has 1 aromatic carbocycles. The van der Waals surface area contributed by atoms with Crippen LogP contribution in [-0.2, 0) is 9.53 Å². The van der Waals surface area contributed by atoms with E-state index in [4.69, 9.17) is 9.47 Å². The van der Waals surface area contributed by atoms with Crippen LogP contribution in [0.25, 0.3) is 0 Å². The molecule has 0 unspecified atom stereocenters. The Balaban J connectivity index is 1.79. The van der Waals surface area contributed by atoms with Crippen LogP contribution in [-0.4, -0.2) is 43.6 Å². The first kappa shape index (κ1) is 15.4. The molecule has 5 nitrogen and oxygen atoms in total. The van der Waals surface area contributed by atoms with E-state index in [1.807, 2.05) is 0 Å². The van der Waals surface area contributed by atoms with Gasteiger partial charge < -0.3 is 14.4 Å². The Morgan fingerprint density at radius 2 is 1.95 bits per heavy atom. The number of likely N-dealkylation sites (tertiary alicyclic amines) is 1. The first-order chi connectivity index (χ1) is 10.2. The standard InChI is InChI=1S/C16H21NO4/c1-2-20-16(19)14-3-5-15(6-4-14)21-11-13-7-9-17(12-18)10-8-13/h3-6,12-13H,2,7-11H2,1H3. The molecule has 0 saturated carbocycles. The van der Waals surface area contributed by atoms with Crippen molar-refractivity contribution in [2.75, 3.05) is 26.3 Å². The zero-order valence-corrected chi connectivity index (χ0v) is 12.3. The molecule has 0 radical (unpaired) electrons. The third kappa shape index (κ3) is 4.48. The van der Waals surface area contributed by atoms with E-state index < -0.39 is 0 Å². The topological polar surface area (TPSA) is 55.8 Å². The van der Waals surface area contributed by atoms with Gasteiger partial charge in [0.05, 0.1) is 18.8 Å². The molecule has 0 spiro atoms. The van der Waals surface area contributed by atoms with Crippen molar-refractivity contribution in [1.82, 2.24) is 4.90 Å². The summed E-state index contributed by atoms with van der Waals surface area (Å²) in [5.74, 6) is 0.914. The van der Waals surface area contributed by atoms with E-state index in [0.29, 0.717) is 24.7 Å². The van der Waals surface area contributed by atoms with Crippen LogP contribution in [0.15, 0.2) is 24.3 Å². The number of carbonyl (C=O) groups is 2. The molecule has 0 bridgehead atoms. The van der Waals surface area contributed by atoms with Crippen molar-refractivity contribution >= 4 is 12.4 Å². The van der Waals surface area contributed by atoms with E-state index in [2.05, 4.69) is 0 Å². The predicted molar refractivity (Wildman–Crippen MR) is 78.3 cm³/mol. The fourth-order valence-corrected chi connectivity index (χ4v) is 2.34. The molecule has 1 aromatic rings. The van der Waals surface area contributed by atoms with Crippen molar-refractivity contribution in [1.29, 1.82) is 0 Å². The summed E-state index contributed by atoms with van der Waals surface area (Å²) in [7, 11) is 0. The number of hydrogen-bond acceptors (Lipinski definition) is 4. The molecule has 1 aliphatic rings. The van der Waals surface area contributed by atoms with Crippen molar-refractivity contribution in [2.24, 2.45) is 5.92 Å². The number of nitrogens with zero attached hydrogens (tertiary/aromatic N) is 1. The van der Waals surface area contributed by atoms with Gasteiger partial charge in [0.25, 0.3) is 0 Å². The number of ether oxygens (including phenoxy) is 2. The zero-order valence-electron chi connectivity index (χ0n) is 12.3. The Kier molecular flexibility index (Phi) is 5.60. The van der Waals surface area contributed by atoms with Crippen LogP contribution in [0.1, 0.15) is 30.1 Å². The lowest BCUT2D eigenvalue weighted by Crippen LogP contribution is -2.34. The second-order valence-electron chi connectivity index (χ2n) is 5.14. The lowest BCUT2D eigenvalue weighted by Gasteiger charge is -2.28. The van der Waals surface area contributed by atoms with E-state index in [9.17, 15) is 9.59 Å². The summed E-state index contributed by atoms with van der Waals surface area (Å²) in [6.07, 6.45) is 2.85. The van der Waals surface area contributed by atoms with Crippen LogP contribution in [0.5, 0.6) is 5.75 Å². The third-order valence-corrected chi connectivity index (χ3v) is 3.65. The smallest absolute Gasteiger partial charge is 0.338 e. The highest BCUT2D eigenvalue weighted by Crippen LogP contribution is 2.19. The number of rotatable bonds is 6. The third-order valence-electron chi connectivity index (χ3n) is 3.65. The van der Waals surface area contributed by atoms with Crippen molar-refractivity contribution in [2.45, 2.75) is 19.8 Å². The van der Waals surface area contributed by atoms with Crippen LogP contribution in [0, 0.1) is 5.92 Å². The summed E-state index contributed by atoms with van der Waals surface area (Å²) >= 11 is 0. The van der Waals surface area contributed by atoms with Crippen molar-refractivity contribution in [3.63, 3.8) is 0 Å². The summed E-state index contributed by atoms with van der Waals surface area (Å²) in [5.41, 5.74) is 0.531. The van der Waals surface area contributed by atoms with E-state index in [0.717, 1.165) is 38.1 Å².